The largest absolute Gasteiger partial charge is 0.394 e. The zero-order valence-electron chi connectivity index (χ0n) is 12.8. The summed E-state index contributed by atoms with van der Waals surface area (Å²) in [7, 11) is 4.19. The van der Waals surface area contributed by atoms with Crippen LogP contribution in [0.1, 0.15) is 32.9 Å². The van der Waals surface area contributed by atoms with E-state index in [1.54, 1.807) is 0 Å². The van der Waals surface area contributed by atoms with Gasteiger partial charge in [0.2, 0.25) is 0 Å². The van der Waals surface area contributed by atoms with Crippen molar-refractivity contribution in [1.29, 1.82) is 0 Å². The summed E-state index contributed by atoms with van der Waals surface area (Å²) in [6.45, 7) is 8.71. The van der Waals surface area contributed by atoms with Gasteiger partial charge in [-0.05, 0) is 27.3 Å². The first-order chi connectivity index (χ1) is 8.95. The second kappa shape index (κ2) is 5.41. The minimum atomic E-state index is 0.535. The molecule has 5 heteroatoms. The molecule has 0 radical (unpaired) electrons. The number of piperazine rings is 1. The third-order valence-electron chi connectivity index (χ3n) is 4.28. The molecule has 0 amide bonds. The molecule has 0 aromatic carbocycles. The van der Waals surface area contributed by atoms with Crippen LogP contribution in [0, 0.1) is 0 Å². The molecular weight excluding hydrogens is 238 g/mol. The molecule has 0 spiro atoms. The van der Waals surface area contributed by atoms with Crippen molar-refractivity contribution in [2.24, 2.45) is 7.05 Å². The van der Waals surface area contributed by atoms with Crippen molar-refractivity contribution < 1.29 is 0 Å². The van der Waals surface area contributed by atoms with Crippen LogP contribution in [0.2, 0.25) is 0 Å². The first kappa shape index (κ1) is 14.2. The molecule has 1 saturated heterocycles. The van der Waals surface area contributed by atoms with E-state index in [0.717, 1.165) is 43.1 Å². The van der Waals surface area contributed by atoms with Crippen LogP contribution < -0.4 is 10.6 Å². The van der Waals surface area contributed by atoms with E-state index >= 15 is 0 Å². The molecule has 1 aromatic heterocycles. The van der Waals surface area contributed by atoms with Crippen LogP contribution in [0.4, 0.5) is 11.5 Å². The minimum Gasteiger partial charge on any atom is -0.394 e. The predicted octanol–water partition coefficient (Wildman–Crippen LogP) is 1.48. The molecule has 2 atom stereocenters. The highest BCUT2D eigenvalue weighted by atomic mass is 15.4. The zero-order chi connectivity index (χ0) is 14.2. The highest BCUT2D eigenvalue weighted by Crippen LogP contribution is 2.29. The predicted molar refractivity (Wildman–Crippen MR) is 80.5 cm³/mol. The number of hydrogen-bond acceptors (Lipinski definition) is 4. The van der Waals surface area contributed by atoms with Gasteiger partial charge in [0, 0.05) is 32.2 Å². The molecule has 0 aliphatic carbocycles. The third kappa shape index (κ3) is 2.56. The van der Waals surface area contributed by atoms with Crippen LogP contribution in [-0.2, 0) is 13.5 Å². The van der Waals surface area contributed by atoms with Gasteiger partial charge in [0.05, 0.1) is 11.4 Å². The average molecular weight is 265 g/mol. The monoisotopic (exact) mass is 265 g/mol. The van der Waals surface area contributed by atoms with Crippen molar-refractivity contribution in [2.75, 3.05) is 30.8 Å². The van der Waals surface area contributed by atoms with Crippen LogP contribution in [0.3, 0.4) is 0 Å². The van der Waals surface area contributed by atoms with E-state index in [-0.39, 0.29) is 0 Å². The summed E-state index contributed by atoms with van der Waals surface area (Å²) in [4.78, 5) is 4.81. The van der Waals surface area contributed by atoms with Crippen molar-refractivity contribution in [3.63, 3.8) is 0 Å². The molecule has 1 aromatic rings. The summed E-state index contributed by atoms with van der Waals surface area (Å²) >= 11 is 0. The lowest BCUT2D eigenvalue weighted by Gasteiger charge is -2.43. The smallest absolute Gasteiger partial charge is 0.150 e. The number of likely N-dealkylation sites (N-methyl/N-ethyl adjacent to an activating group) is 1. The maximum absolute atomic E-state index is 6.31. The Balaban J connectivity index is 2.27. The first-order valence-electron chi connectivity index (χ1n) is 7.23. The lowest BCUT2D eigenvalue weighted by molar-refractivity contribution is 0.169. The molecule has 2 unspecified atom stereocenters. The number of nitrogen functional groups attached to an aromatic ring is 1. The molecule has 1 fully saturated rings. The lowest BCUT2D eigenvalue weighted by Crippen LogP contribution is -2.55. The van der Waals surface area contributed by atoms with Crippen LogP contribution in [0.25, 0.3) is 0 Å². The van der Waals surface area contributed by atoms with Crippen molar-refractivity contribution in [3.05, 3.63) is 5.69 Å². The number of anilines is 2. The molecule has 108 valence electrons. The van der Waals surface area contributed by atoms with Crippen LogP contribution in [-0.4, -0.2) is 46.9 Å². The lowest BCUT2D eigenvalue weighted by atomic mass is 10.1. The van der Waals surface area contributed by atoms with Crippen molar-refractivity contribution in [3.8, 4) is 0 Å². The molecule has 2 rings (SSSR count). The fourth-order valence-corrected chi connectivity index (χ4v) is 2.96. The van der Waals surface area contributed by atoms with Crippen LogP contribution >= 0.6 is 0 Å². The molecule has 0 bridgehead atoms. The summed E-state index contributed by atoms with van der Waals surface area (Å²) in [6, 6.07) is 1.07. The Kier molecular flexibility index (Phi) is 4.04. The number of rotatable bonds is 3. The van der Waals surface area contributed by atoms with Gasteiger partial charge >= 0.3 is 0 Å². The Morgan fingerprint density at radius 2 is 1.79 bits per heavy atom. The van der Waals surface area contributed by atoms with Gasteiger partial charge in [-0.15, -0.1) is 0 Å². The number of nitrogens with two attached hydrogens (primary N) is 1. The second-order valence-corrected chi connectivity index (χ2v) is 5.83. The molecule has 5 nitrogen and oxygen atoms in total. The van der Waals surface area contributed by atoms with Gasteiger partial charge in [-0.2, -0.15) is 5.10 Å². The average Bonchev–Trinajstić information content (AvgIpc) is 2.62. The number of hydrogen-bond donors (Lipinski definition) is 1. The fraction of sp³-hybridized carbons (Fsp3) is 0.786. The van der Waals surface area contributed by atoms with E-state index in [9.17, 15) is 0 Å². The maximum Gasteiger partial charge on any atom is 0.150 e. The summed E-state index contributed by atoms with van der Waals surface area (Å²) in [5, 5.41) is 4.58. The molecular formula is C14H27N5. The van der Waals surface area contributed by atoms with Gasteiger partial charge in [-0.1, -0.05) is 13.3 Å². The highest BCUT2D eigenvalue weighted by Gasteiger charge is 2.29. The quantitative estimate of drug-likeness (QED) is 0.899. The van der Waals surface area contributed by atoms with Crippen LogP contribution in [0.5, 0.6) is 0 Å². The molecule has 1 aliphatic rings. The highest BCUT2D eigenvalue weighted by molar-refractivity contribution is 5.66. The van der Waals surface area contributed by atoms with Crippen LogP contribution in [0.15, 0.2) is 0 Å². The standard InChI is InChI=1S/C14H27N5/c1-6-7-12-13(15)14(18(5)16-12)19-8-10(2)17(4)11(3)9-19/h10-11H,6-9,15H2,1-5H3. The van der Waals surface area contributed by atoms with Gasteiger partial charge in [0.1, 0.15) is 0 Å². The van der Waals surface area contributed by atoms with E-state index < -0.39 is 0 Å². The maximum atomic E-state index is 6.31. The van der Waals surface area contributed by atoms with Crippen molar-refractivity contribution >= 4 is 11.5 Å². The van der Waals surface area contributed by atoms with E-state index in [1.165, 1.54) is 0 Å². The summed E-state index contributed by atoms with van der Waals surface area (Å²) < 4.78 is 1.95. The molecule has 0 saturated carbocycles. The van der Waals surface area contributed by atoms with Gasteiger partial charge in [-0.25, -0.2) is 0 Å². The Labute approximate surface area is 116 Å². The number of nitrogens with zero attached hydrogens (tertiary/aromatic N) is 4. The molecule has 2 N–H and O–H groups in total. The van der Waals surface area contributed by atoms with Crippen molar-refractivity contribution in [2.45, 2.75) is 45.7 Å². The van der Waals surface area contributed by atoms with E-state index in [1.807, 2.05) is 11.7 Å². The second-order valence-electron chi connectivity index (χ2n) is 5.83. The van der Waals surface area contributed by atoms with Crippen molar-refractivity contribution in [1.82, 2.24) is 14.7 Å². The Bertz CT molecular complexity index is 427. The minimum absolute atomic E-state index is 0.535. The summed E-state index contributed by atoms with van der Waals surface area (Å²) in [6.07, 6.45) is 2.04. The SMILES string of the molecule is CCCc1nn(C)c(N2CC(C)N(C)C(C)C2)c1N. The Morgan fingerprint density at radius 1 is 1.21 bits per heavy atom. The number of aryl methyl sites for hydroxylation is 2. The number of aromatic nitrogens is 2. The zero-order valence-corrected chi connectivity index (χ0v) is 12.8. The summed E-state index contributed by atoms with van der Waals surface area (Å²) in [5.41, 5.74) is 8.22. The van der Waals surface area contributed by atoms with E-state index in [4.69, 9.17) is 5.73 Å². The normalized spacial score (nSPS) is 25.0. The van der Waals surface area contributed by atoms with Gasteiger partial charge < -0.3 is 10.6 Å². The topological polar surface area (TPSA) is 50.3 Å². The Hall–Kier alpha value is -1.23. The molecule has 19 heavy (non-hydrogen) atoms. The van der Waals surface area contributed by atoms with E-state index in [2.05, 4.69) is 42.7 Å². The summed E-state index contributed by atoms with van der Waals surface area (Å²) in [5.74, 6) is 1.09. The third-order valence-corrected chi connectivity index (χ3v) is 4.28. The van der Waals surface area contributed by atoms with Gasteiger partial charge in [0.25, 0.3) is 0 Å². The van der Waals surface area contributed by atoms with E-state index in [0.29, 0.717) is 12.1 Å². The molecule has 2 heterocycles. The van der Waals surface area contributed by atoms with Gasteiger partial charge in [-0.3, -0.25) is 9.58 Å². The van der Waals surface area contributed by atoms with Gasteiger partial charge in [0.15, 0.2) is 5.82 Å². The molecule has 1 aliphatic heterocycles. The first-order valence-corrected chi connectivity index (χ1v) is 7.23. The fourth-order valence-electron chi connectivity index (χ4n) is 2.96. The Morgan fingerprint density at radius 3 is 2.32 bits per heavy atom.